The summed E-state index contributed by atoms with van der Waals surface area (Å²) in [5.41, 5.74) is 13.8. The normalized spacial score (nSPS) is 10.7. The number of hydrogen-bond acceptors (Lipinski definition) is 7. The third kappa shape index (κ3) is 4.24. The monoisotopic (exact) mass is 455 g/mol. The summed E-state index contributed by atoms with van der Waals surface area (Å²) < 4.78 is 1.56. The summed E-state index contributed by atoms with van der Waals surface area (Å²) in [6.07, 6.45) is 2.41. The van der Waals surface area contributed by atoms with E-state index in [-0.39, 0.29) is 18.9 Å². The average molecular weight is 455 g/mol. The zero-order valence-electron chi connectivity index (χ0n) is 18.1. The molecule has 0 saturated carbocycles. The van der Waals surface area contributed by atoms with Gasteiger partial charge in [-0.05, 0) is 30.3 Å². The fraction of sp³-hybridized carbons (Fsp3) is 0.0833. The predicted molar refractivity (Wildman–Crippen MR) is 126 cm³/mol. The maximum atomic E-state index is 12.9. The molecular weight excluding hydrogens is 434 g/mol. The standard InChI is InChI=1S/C24H21N7O3/c1-2-18(32)30(24(34)17-6-4-3-5-7-17)12-13-31-23-19(21(25)27-14-28-23)20(29-31)15-8-10-16(11-9-15)22(26)33/h2-11,14H,1,12-13H2,(H2,26,33)(H2,25,27,28). The Kier molecular flexibility index (Phi) is 6.13. The molecule has 4 N–H and O–H groups in total. The number of hydrogen-bond donors (Lipinski definition) is 2. The van der Waals surface area contributed by atoms with E-state index in [9.17, 15) is 14.4 Å². The molecule has 0 aliphatic heterocycles. The van der Waals surface area contributed by atoms with E-state index in [0.717, 1.165) is 11.0 Å². The van der Waals surface area contributed by atoms with Crippen LogP contribution in [0.5, 0.6) is 0 Å². The molecule has 0 radical (unpaired) electrons. The van der Waals surface area contributed by atoms with Crippen LogP contribution in [0.1, 0.15) is 20.7 Å². The lowest BCUT2D eigenvalue weighted by atomic mass is 10.1. The molecule has 0 spiro atoms. The molecule has 2 aromatic carbocycles. The van der Waals surface area contributed by atoms with Gasteiger partial charge in [0.1, 0.15) is 17.8 Å². The lowest BCUT2D eigenvalue weighted by molar-refractivity contribution is -0.123. The van der Waals surface area contributed by atoms with Crippen LogP contribution in [0.2, 0.25) is 0 Å². The number of primary amides is 1. The first-order valence-corrected chi connectivity index (χ1v) is 10.3. The van der Waals surface area contributed by atoms with Crippen molar-refractivity contribution in [2.45, 2.75) is 6.54 Å². The van der Waals surface area contributed by atoms with E-state index in [0.29, 0.717) is 33.4 Å². The summed E-state index contributed by atoms with van der Waals surface area (Å²) in [5, 5.41) is 5.15. The molecule has 2 heterocycles. The summed E-state index contributed by atoms with van der Waals surface area (Å²) >= 11 is 0. The molecule has 10 heteroatoms. The Bertz CT molecular complexity index is 1400. The van der Waals surface area contributed by atoms with Crippen LogP contribution in [0.3, 0.4) is 0 Å². The topological polar surface area (TPSA) is 150 Å². The highest BCUT2D eigenvalue weighted by Gasteiger charge is 2.23. The van der Waals surface area contributed by atoms with E-state index in [4.69, 9.17) is 11.5 Å². The Hall–Kier alpha value is -4.86. The molecule has 2 aromatic heterocycles. The van der Waals surface area contributed by atoms with Gasteiger partial charge in [-0.25, -0.2) is 14.6 Å². The number of imide groups is 1. The Labute approximate surface area is 194 Å². The molecule has 170 valence electrons. The highest BCUT2D eigenvalue weighted by atomic mass is 16.2. The number of rotatable bonds is 7. The Balaban J connectivity index is 1.69. The van der Waals surface area contributed by atoms with Crippen molar-refractivity contribution in [3.05, 3.63) is 84.7 Å². The quantitative estimate of drug-likeness (QED) is 0.405. The SMILES string of the molecule is C=CC(=O)N(CCn1nc(-c2ccc(C(N)=O)cc2)c2c(N)ncnc21)C(=O)c1ccccc1. The number of anilines is 1. The molecule has 0 aliphatic rings. The van der Waals surface area contributed by atoms with Crippen LogP contribution in [0, 0.1) is 0 Å². The van der Waals surface area contributed by atoms with Gasteiger partial charge in [-0.3, -0.25) is 19.3 Å². The first kappa shape index (κ1) is 22.3. The minimum atomic E-state index is -0.542. The molecule has 0 bridgehead atoms. The molecule has 34 heavy (non-hydrogen) atoms. The van der Waals surface area contributed by atoms with Gasteiger partial charge < -0.3 is 11.5 Å². The number of nitrogens with two attached hydrogens (primary N) is 2. The summed E-state index contributed by atoms with van der Waals surface area (Å²) in [7, 11) is 0. The number of amides is 3. The molecule has 0 saturated heterocycles. The van der Waals surface area contributed by atoms with E-state index in [2.05, 4.69) is 21.6 Å². The average Bonchev–Trinajstić information content (AvgIpc) is 3.24. The van der Waals surface area contributed by atoms with Crippen LogP contribution in [0.15, 0.2) is 73.6 Å². The second kappa shape index (κ2) is 9.33. The summed E-state index contributed by atoms with van der Waals surface area (Å²) in [6, 6.07) is 15.1. The van der Waals surface area contributed by atoms with Gasteiger partial charge >= 0.3 is 0 Å². The predicted octanol–water partition coefficient (Wildman–Crippen LogP) is 2.03. The van der Waals surface area contributed by atoms with Gasteiger partial charge in [0.05, 0.1) is 11.9 Å². The molecule has 4 aromatic rings. The van der Waals surface area contributed by atoms with Crippen molar-refractivity contribution in [2.75, 3.05) is 12.3 Å². The smallest absolute Gasteiger partial charge is 0.260 e. The molecule has 0 aliphatic carbocycles. The van der Waals surface area contributed by atoms with Crippen molar-refractivity contribution in [1.29, 1.82) is 0 Å². The molecule has 0 unspecified atom stereocenters. The fourth-order valence-electron chi connectivity index (χ4n) is 3.53. The van der Waals surface area contributed by atoms with E-state index >= 15 is 0 Å². The van der Waals surface area contributed by atoms with Crippen molar-refractivity contribution >= 4 is 34.6 Å². The zero-order chi connectivity index (χ0) is 24.2. The minimum absolute atomic E-state index is 0.0271. The van der Waals surface area contributed by atoms with Crippen LogP contribution in [0.25, 0.3) is 22.3 Å². The lowest BCUT2D eigenvalue weighted by Gasteiger charge is -2.19. The van der Waals surface area contributed by atoms with Crippen molar-refractivity contribution in [3.8, 4) is 11.3 Å². The second-order valence-electron chi connectivity index (χ2n) is 7.34. The number of carbonyl (C=O) groups excluding carboxylic acids is 3. The van der Waals surface area contributed by atoms with Gasteiger partial charge in [-0.15, -0.1) is 0 Å². The molecule has 4 rings (SSSR count). The summed E-state index contributed by atoms with van der Waals surface area (Å²) in [6.45, 7) is 3.69. The van der Waals surface area contributed by atoms with Crippen molar-refractivity contribution in [1.82, 2.24) is 24.6 Å². The number of benzene rings is 2. The van der Waals surface area contributed by atoms with Crippen LogP contribution < -0.4 is 11.5 Å². The van der Waals surface area contributed by atoms with Gasteiger partial charge in [-0.1, -0.05) is 36.9 Å². The van der Waals surface area contributed by atoms with Crippen LogP contribution in [-0.2, 0) is 11.3 Å². The number of nitrogens with zero attached hydrogens (tertiary/aromatic N) is 5. The fourth-order valence-corrected chi connectivity index (χ4v) is 3.53. The molecule has 0 fully saturated rings. The lowest BCUT2D eigenvalue weighted by Crippen LogP contribution is -2.38. The maximum Gasteiger partial charge on any atom is 0.260 e. The highest BCUT2D eigenvalue weighted by Crippen LogP contribution is 2.30. The Morgan fingerprint density at radius 3 is 2.35 bits per heavy atom. The second-order valence-corrected chi connectivity index (χ2v) is 7.34. The van der Waals surface area contributed by atoms with Crippen molar-refractivity contribution in [2.24, 2.45) is 5.73 Å². The highest BCUT2D eigenvalue weighted by molar-refractivity contribution is 6.07. The first-order chi connectivity index (χ1) is 16.4. The largest absolute Gasteiger partial charge is 0.383 e. The van der Waals surface area contributed by atoms with E-state index < -0.39 is 17.7 Å². The maximum absolute atomic E-state index is 12.9. The molecule has 10 nitrogen and oxygen atoms in total. The Morgan fingerprint density at radius 2 is 1.71 bits per heavy atom. The number of carbonyl (C=O) groups is 3. The van der Waals surface area contributed by atoms with E-state index in [1.54, 1.807) is 59.3 Å². The first-order valence-electron chi connectivity index (χ1n) is 10.3. The summed E-state index contributed by atoms with van der Waals surface area (Å²) in [4.78, 5) is 46.3. The van der Waals surface area contributed by atoms with E-state index in [1.807, 2.05) is 0 Å². The zero-order valence-corrected chi connectivity index (χ0v) is 18.1. The van der Waals surface area contributed by atoms with Gasteiger partial charge in [0.2, 0.25) is 5.91 Å². The van der Waals surface area contributed by atoms with Gasteiger partial charge in [0, 0.05) is 23.2 Å². The third-order valence-corrected chi connectivity index (χ3v) is 5.24. The third-order valence-electron chi connectivity index (χ3n) is 5.24. The van der Waals surface area contributed by atoms with Crippen molar-refractivity contribution in [3.63, 3.8) is 0 Å². The molecule has 0 atom stereocenters. The van der Waals surface area contributed by atoms with Gasteiger partial charge in [-0.2, -0.15) is 5.10 Å². The Morgan fingerprint density at radius 1 is 1.00 bits per heavy atom. The van der Waals surface area contributed by atoms with Gasteiger partial charge in [0.15, 0.2) is 5.65 Å². The van der Waals surface area contributed by atoms with Crippen LogP contribution in [0.4, 0.5) is 5.82 Å². The van der Waals surface area contributed by atoms with E-state index in [1.165, 1.54) is 6.33 Å². The summed E-state index contributed by atoms with van der Waals surface area (Å²) in [5.74, 6) is -1.29. The number of nitrogen functional groups attached to an aromatic ring is 1. The van der Waals surface area contributed by atoms with Gasteiger partial charge in [0.25, 0.3) is 11.8 Å². The minimum Gasteiger partial charge on any atom is -0.383 e. The molecule has 3 amide bonds. The van der Waals surface area contributed by atoms with Crippen molar-refractivity contribution < 1.29 is 14.4 Å². The number of aromatic nitrogens is 4. The van der Waals surface area contributed by atoms with Crippen LogP contribution >= 0.6 is 0 Å². The molecular formula is C24H21N7O3. The van der Waals surface area contributed by atoms with Crippen LogP contribution in [-0.4, -0.2) is 48.9 Å². The number of fused-ring (bicyclic) bond motifs is 1.